The van der Waals surface area contributed by atoms with Crippen LogP contribution in [0.15, 0.2) is 30.5 Å². The first-order valence-electron chi connectivity index (χ1n) is 6.70. The number of pyridine rings is 1. The number of phenols is 2. The summed E-state index contributed by atoms with van der Waals surface area (Å²) in [5, 5.41) is 26.2. The minimum absolute atomic E-state index is 0.0106. The third-order valence-corrected chi connectivity index (χ3v) is 3.12. The standard InChI is InChI=1S/C9H12N2O3.C7H9N/c1-5-7(12)4-3-6(8(5)13)9(10)14-11-2;1-6-4-3-5-8-7(6)2/h3-4,10-13H,1-2H3;3-5H,1-2H3. The van der Waals surface area contributed by atoms with Gasteiger partial charge in [0.05, 0.1) is 5.56 Å². The maximum absolute atomic E-state index is 9.57. The number of aromatic hydroxyl groups is 2. The molecular weight excluding hydrogens is 282 g/mol. The smallest absolute Gasteiger partial charge is 0.241 e. The van der Waals surface area contributed by atoms with Crippen molar-refractivity contribution in [1.82, 2.24) is 10.5 Å². The number of aryl methyl sites for hydroxylation is 2. The van der Waals surface area contributed by atoms with Crippen LogP contribution in [-0.4, -0.2) is 28.1 Å². The molecule has 0 atom stereocenters. The monoisotopic (exact) mass is 303 g/mol. The molecule has 6 heteroatoms. The van der Waals surface area contributed by atoms with Gasteiger partial charge < -0.3 is 15.1 Å². The lowest BCUT2D eigenvalue weighted by Gasteiger charge is -2.09. The van der Waals surface area contributed by atoms with Crippen molar-refractivity contribution < 1.29 is 15.1 Å². The van der Waals surface area contributed by atoms with Gasteiger partial charge in [-0.1, -0.05) is 6.07 Å². The lowest BCUT2D eigenvalue weighted by Crippen LogP contribution is -2.15. The predicted molar refractivity (Wildman–Crippen MR) is 85.2 cm³/mol. The largest absolute Gasteiger partial charge is 0.508 e. The van der Waals surface area contributed by atoms with Gasteiger partial charge in [0.25, 0.3) is 0 Å². The SMILES string of the molecule is CNOC(=N)c1ccc(O)c(C)c1O.Cc1cccnc1C. The number of phenolic OH excluding ortho intramolecular Hbond substituents is 2. The Labute approximate surface area is 129 Å². The highest BCUT2D eigenvalue weighted by Gasteiger charge is 2.13. The topological polar surface area (TPSA) is 98.5 Å². The molecule has 2 rings (SSSR count). The molecule has 0 unspecified atom stereocenters. The van der Waals surface area contributed by atoms with Crippen LogP contribution in [0.4, 0.5) is 0 Å². The average molecular weight is 303 g/mol. The Morgan fingerprint density at radius 1 is 1.18 bits per heavy atom. The summed E-state index contributed by atoms with van der Waals surface area (Å²) in [6.45, 7) is 5.62. The lowest BCUT2D eigenvalue weighted by atomic mass is 10.1. The maximum atomic E-state index is 9.57. The highest BCUT2D eigenvalue weighted by atomic mass is 16.6. The zero-order chi connectivity index (χ0) is 16.7. The molecule has 0 amide bonds. The number of hydroxylamine groups is 1. The van der Waals surface area contributed by atoms with Crippen molar-refractivity contribution in [1.29, 1.82) is 5.41 Å². The summed E-state index contributed by atoms with van der Waals surface area (Å²) in [4.78, 5) is 8.77. The molecule has 0 bridgehead atoms. The minimum Gasteiger partial charge on any atom is -0.508 e. The van der Waals surface area contributed by atoms with E-state index < -0.39 is 0 Å². The van der Waals surface area contributed by atoms with Gasteiger partial charge in [-0.3, -0.25) is 10.4 Å². The molecule has 0 radical (unpaired) electrons. The normalized spacial score (nSPS) is 9.64. The number of nitrogens with zero attached hydrogens (tertiary/aromatic N) is 1. The zero-order valence-corrected chi connectivity index (χ0v) is 13.1. The molecule has 0 fully saturated rings. The molecule has 0 aliphatic carbocycles. The van der Waals surface area contributed by atoms with Gasteiger partial charge in [-0.15, -0.1) is 0 Å². The van der Waals surface area contributed by atoms with Crippen LogP contribution in [0.5, 0.6) is 11.5 Å². The van der Waals surface area contributed by atoms with Crippen LogP contribution >= 0.6 is 0 Å². The van der Waals surface area contributed by atoms with Crippen molar-refractivity contribution in [3.05, 3.63) is 52.8 Å². The average Bonchev–Trinajstić information content (AvgIpc) is 2.49. The highest BCUT2D eigenvalue weighted by molar-refractivity contribution is 5.95. The van der Waals surface area contributed by atoms with Crippen LogP contribution in [0.2, 0.25) is 0 Å². The summed E-state index contributed by atoms with van der Waals surface area (Å²) < 4.78 is 0. The number of nitrogens with one attached hydrogen (secondary N) is 2. The molecule has 6 nitrogen and oxygen atoms in total. The van der Waals surface area contributed by atoms with Gasteiger partial charge in [0.1, 0.15) is 11.5 Å². The zero-order valence-electron chi connectivity index (χ0n) is 13.1. The van der Waals surface area contributed by atoms with Gasteiger partial charge in [0, 0.05) is 24.5 Å². The number of rotatable bonds is 2. The van der Waals surface area contributed by atoms with Gasteiger partial charge in [0.2, 0.25) is 5.90 Å². The third kappa shape index (κ3) is 4.46. The number of hydrogen-bond acceptors (Lipinski definition) is 6. The van der Waals surface area contributed by atoms with Crippen molar-refractivity contribution in [3.8, 4) is 11.5 Å². The molecular formula is C16H21N3O3. The van der Waals surface area contributed by atoms with Crippen LogP contribution < -0.4 is 5.48 Å². The second-order valence-electron chi connectivity index (χ2n) is 4.65. The lowest BCUT2D eigenvalue weighted by molar-refractivity contribution is 0.207. The Bertz CT molecular complexity index is 636. The molecule has 22 heavy (non-hydrogen) atoms. The van der Waals surface area contributed by atoms with Crippen molar-refractivity contribution >= 4 is 5.90 Å². The molecule has 1 aromatic heterocycles. The molecule has 0 saturated carbocycles. The second-order valence-corrected chi connectivity index (χ2v) is 4.65. The molecule has 0 aliphatic heterocycles. The first-order valence-corrected chi connectivity index (χ1v) is 6.70. The van der Waals surface area contributed by atoms with Gasteiger partial charge in [-0.05, 0) is 44.5 Å². The third-order valence-electron chi connectivity index (χ3n) is 3.12. The van der Waals surface area contributed by atoms with E-state index in [1.807, 2.05) is 19.2 Å². The van der Waals surface area contributed by atoms with Crippen molar-refractivity contribution in [2.24, 2.45) is 0 Å². The number of benzene rings is 1. The summed E-state index contributed by atoms with van der Waals surface area (Å²) >= 11 is 0. The minimum atomic E-state index is -0.201. The summed E-state index contributed by atoms with van der Waals surface area (Å²) in [5.41, 5.74) is 5.26. The second kappa shape index (κ2) is 7.99. The Balaban J connectivity index is 0.000000255. The van der Waals surface area contributed by atoms with Gasteiger partial charge in [-0.25, -0.2) is 0 Å². The fourth-order valence-corrected chi connectivity index (χ4v) is 1.59. The van der Waals surface area contributed by atoms with Crippen LogP contribution in [0.1, 0.15) is 22.4 Å². The summed E-state index contributed by atoms with van der Waals surface area (Å²) in [7, 11) is 1.51. The van der Waals surface area contributed by atoms with Gasteiger partial charge >= 0.3 is 0 Å². The molecule has 0 spiro atoms. The Morgan fingerprint density at radius 2 is 1.86 bits per heavy atom. The quantitative estimate of drug-likeness (QED) is 0.388. The summed E-state index contributed by atoms with van der Waals surface area (Å²) in [6.07, 6.45) is 1.81. The van der Waals surface area contributed by atoms with Crippen LogP contribution in [0.3, 0.4) is 0 Å². The Hall–Kier alpha value is -2.60. The molecule has 1 aromatic carbocycles. The number of aromatic nitrogens is 1. The molecule has 4 N–H and O–H groups in total. The summed E-state index contributed by atoms with van der Waals surface area (Å²) in [6, 6.07) is 6.82. The van der Waals surface area contributed by atoms with Crippen molar-refractivity contribution in [2.45, 2.75) is 20.8 Å². The Morgan fingerprint density at radius 3 is 2.36 bits per heavy atom. The fraction of sp³-hybridized carbons (Fsp3) is 0.250. The first kappa shape index (κ1) is 17.5. The number of hydrogen-bond donors (Lipinski definition) is 4. The van der Waals surface area contributed by atoms with E-state index in [1.54, 1.807) is 6.92 Å². The molecule has 0 aliphatic rings. The van der Waals surface area contributed by atoms with Crippen LogP contribution in [0.25, 0.3) is 0 Å². The highest BCUT2D eigenvalue weighted by Crippen LogP contribution is 2.29. The Kier molecular flexibility index (Phi) is 6.34. The molecule has 2 aromatic rings. The molecule has 0 saturated heterocycles. The van der Waals surface area contributed by atoms with Gasteiger partial charge in [0.15, 0.2) is 0 Å². The van der Waals surface area contributed by atoms with E-state index in [2.05, 4.69) is 23.5 Å². The molecule has 118 valence electrons. The van der Waals surface area contributed by atoms with E-state index in [-0.39, 0.29) is 23.0 Å². The predicted octanol–water partition coefficient (Wildman–Crippen LogP) is 2.58. The van der Waals surface area contributed by atoms with Gasteiger partial charge in [-0.2, -0.15) is 5.48 Å². The fourth-order valence-electron chi connectivity index (χ4n) is 1.59. The molecule has 1 heterocycles. The van der Waals surface area contributed by atoms with E-state index in [1.165, 1.54) is 24.7 Å². The van der Waals surface area contributed by atoms with Crippen molar-refractivity contribution in [2.75, 3.05) is 7.05 Å². The van der Waals surface area contributed by atoms with E-state index in [9.17, 15) is 10.2 Å². The summed E-state index contributed by atoms with van der Waals surface area (Å²) in [5.74, 6) is -0.359. The van der Waals surface area contributed by atoms with E-state index in [0.717, 1.165) is 5.69 Å². The van der Waals surface area contributed by atoms with E-state index in [4.69, 9.17) is 10.2 Å². The van der Waals surface area contributed by atoms with E-state index in [0.29, 0.717) is 5.56 Å². The van der Waals surface area contributed by atoms with E-state index >= 15 is 0 Å². The van der Waals surface area contributed by atoms with Crippen LogP contribution in [-0.2, 0) is 4.84 Å². The maximum Gasteiger partial charge on any atom is 0.241 e. The first-order chi connectivity index (χ1) is 10.4. The van der Waals surface area contributed by atoms with Crippen molar-refractivity contribution in [3.63, 3.8) is 0 Å². The van der Waals surface area contributed by atoms with Crippen LogP contribution in [0, 0.1) is 26.2 Å².